The summed E-state index contributed by atoms with van der Waals surface area (Å²) in [4.78, 5) is 12.3. The average Bonchev–Trinajstić information content (AvgIpc) is 2.80. The Morgan fingerprint density at radius 1 is 0.906 bits per heavy atom. The van der Waals surface area contributed by atoms with Crippen molar-refractivity contribution in [1.29, 1.82) is 15.8 Å². The minimum atomic E-state index is -0.235. The van der Waals surface area contributed by atoms with Gasteiger partial charge in [0, 0.05) is 5.69 Å². The van der Waals surface area contributed by atoms with Crippen LogP contribution in [0.4, 0.5) is 5.69 Å². The van der Waals surface area contributed by atoms with Crippen molar-refractivity contribution in [1.82, 2.24) is 0 Å². The summed E-state index contributed by atoms with van der Waals surface area (Å²) < 4.78 is 10.9. The van der Waals surface area contributed by atoms with Crippen molar-refractivity contribution in [3.05, 3.63) is 82.4 Å². The van der Waals surface area contributed by atoms with Gasteiger partial charge >= 0.3 is 0 Å². The average molecular weight is 443 g/mol. The third kappa shape index (κ3) is 6.00. The van der Waals surface area contributed by atoms with Gasteiger partial charge in [-0.05, 0) is 60.2 Å². The van der Waals surface area contributed by atoms with E-state index >= 15 is 0 Å². The molecule has 7 nitrogen and oxygen atoms in total. The summed E-state index contributed by atoms with van der Waals surface area (Å²) >= 11 is 6.31. The van der Waals surface area contributed by atoms with E-state index in [2.05, 4.69) is 5.32 Å². The number of hydrogen-bond acceptors (Lipinski definition) is 6. The number of ether oxygens (including phenoxy) is 2. The maximum atomic E-state index is 12.3. The molecule has 0 aromatic heterocycles. The molecule has 0 heterocycles. The lowest BCUT2D eigenvalue weighted by molar-refractivity contribution is -0.115. The Balaban J connectivity index is 1.64. The number of nitrogens with one attached hydrogen (secondary N) is 1. The highest BCUT2D eigenvalue weighted by Crippen LogP contribution is 2.31. The van der Waals surface area contributed by atoms with Gasteiger partial charge < -0.3 is 14.8 Å². The molecule has 0 saturated carbocycles. The summed E-state index contributed by atoms with van der Waals surface area (Å²) in [6.45, 7) is -0.0462. The molecular weight excluding hydrogens is 428 g/mol. The third-order valence-corrected chi connectivity index (χ3v) is 4.49. The second-order valence-electron chi connectivity index (χ2n) is 6.53. The van der Waals surface area contributed by atoms with E-state index in [4.69, 9.17) is 36.9 Å². The summed E-state index contributed by atoms with van der Waals surface area (Å²) in [6, 6.07) is 22.0. The van der Waals surface area contributed by atoms with Gasteiger partial charge in [-0.1, -0.05) is 17.7 Å². The molecule has 8 heteroatoms. The van der Waals surface area contributed by atoms with Gasteiger partial charge in [-0.25, -0.2) is 0 Å². The highest BCUT2D eigenvalue weighted by Gasteiger charge is 2.10. The number of halogens is 1. The minimum absolute atomic E-state index is 0.0462. The maximum absolute atomic E-state index is 12.3. The molecule has 1 amide bonds. The van der Waals surface area contributed by atoms with Crippen molar-refractivity contribution in [3.63, 3.8) is 0 Å². The fourth-order valence-corrected chi connectivity index (χ4v) is 3.03. The topological polar surface area (TPSA) is 119 Å². The van der Waals surface area contributed by atoms with Crippen LogP contribution in [0.3, 0.4) is 0 Å². The van der Waals surface area contributed by atoms with E-state index in [1.807, 2.05) is 18.2 Å². The summed E-state index contributed by atoms with van der Waals surface area (Å²) in [6.07, 6.45) is 0.0924. The van der Waals surface area contributed by atoms with E-state index in [0.29, 0.717) is 39.6 Å². The van der Waals surface area contributed by atoms with Crippen LogP contribution in [0.25, 0.3) is 0 Å². The number of amides is 1. The molecule has 0 saturated heterocycles. The number of nitriles is 3. The van der Waals surface area contributed by atoms with Crippen molar-refractivity contribution in [2.24, 2.45) is 0 Å². The highest BCUT2D eigenvalue weighted by molar-refractivity contribution is 6.32. The molecule has 0 fully saturated rings. The second kappa shape index (κ2) is 10.5. The maximum Gasteiger partial charge on any atom is 0.228 e. The number of carbonyl (C=O) groups is 1. The predicted molar refractivity (Wildman–Crippen MR) is 117 cm³/mol. The lowest BCUT2D eigenvalue weighted by Crippen LogP contribution is -2.14. The monoisotopic (exact) mass is 442 g/mol. The van der Waals surface area contributed by atoms with Crippen LogP contribution >= 0.6 is 11.6 Å². The minimum Gasteiger partial charge on any atom is -0.479 e. The van der Waals surface area contributed by atoms with Crippen molar-refractivity contribution in [2.75, 3.05) is 11.9 Å². The van der Waals surface area contributed by atoms with Gasteiger partial charge in [0.05, 0.1) is 34.7 Å². The van der Waals surface area contributed by atoms with Gasteiger partial charge in [0.2, 0.25) is 5.91 Å². The van der Waals surface area contributed by atoms with Crippen LogP contribution in [-0.4, -0.2) is 12.5 Å². The van der Waals surface area contributed by atoms with Crippen molar-refractivity contribution in [3.8, 4) is 35.5 Å². The smallest absolute Gasteiger partial charge is 0.228 e. The normalized spacial score (nSPS) is 9.69. The largest absolute Gasteiger partial charge is 0.479 e. The summed E-state index contributed by atoms with van der Waals surface area (Å²) in [5.41, 5.74) is 1.87. The molecule has 0 radical (unpaired) electrons. The lowest BCUT2D eigenvalue weighted by atomic mass is 10.1. The van der Waals surface area contributed by atoms with Crippen LogP contribution in [0.5, 0.6) is 17.2 Å². The molecule has 0 atom stereocenters. The zero-order valence-electron chi connectivity index (χ0n) is 16.6. The molecule has 0 aliphatic carbocycles. The van der Waals surface area contributed by atoms with Crippen LogP contribution in [0.1, 0.15) is 16.7 Å². The fourth-order valence-electron chi connectivity index (χ4n) is 2.79. The predicted octanol–water partition coefficient (Wildman–Crippen LogP) is 4.96. The third-order valence-electron chi connectivity index (χ3n) is 4.19. The van der Waals surface area contributed by atoms with Gasteiger partial charge in [0.15, 0.2) is 6.61 Å². The first-order valence-corrected chi connectivity index (χ1v) is 9.70. The number of benzene rings is 3. The first kappa shape index (κ1) is 22.2. The van der Waals surface area contributed by atoms with Crippen LogP contribution in [0, 0.1) is 34.0 Å². The van der Waals surface area contributed by atoms with Crippen LogP contribution < -0.4 is 14.8 Å². The number of carbonyl (C=O) groups excluding carboxylic acids is 1. The summed E-state index contributed by atoms with van der Waals surface area (Å²) in [5, 5.41) is 29.7. The van der Waals surface area contributed by atoms with Gasteiger partial charge in [-0.15, -0.1) is 0 Å². The molecule has 0 spiro atoms. The Hall–Kier alpha value is -4.51. The Bertz CT molecular complexity index is 1240. The van der Waals surface area contributed by atoms with Gasteiger partial charge in [-0.3, -0.25) is 4.79 Å². The van der Waals surface area contributed by atoms with Gasteiger partial charge in [0.1, 0.15) is 23.3 Å². The molecule has 1 N–H and O–H groups in total. The summed E-state index contributed by atoms with van der Waals surface area (Å²) in [7, 11) is 0. The lowest BCUT2D eigenvalue weighted by Gasteiger charge is -2.10. The molecule has 0 aliphatic heterocycles. The van der Waals surface area contributed by atoms with Crippen molar-refractivity contribution in [2.45, 2.75) is 6.42 Å². The summed E-state index contributed by atoms with van der Waals surface area (Å²) in [5.74, 6) is 0.952. The molecule has 0 unspecified atom stereocenters. The van der Waals surface area contributed by atoms with Crippen LogP contribution in [0.15, 0.2) is 60.7 Å². The van der Waals surface area contributed by atoms with Crippen LogP contribution in [-0.2, 0) is 11.2 Å². The van der Waals surface area contributed by atoms with Gasteiger partial charge in [0.25, 0.3) is 0 Å². The second-order valence-corrected chi connectivity index (χ2v) is 6.94. The molecule has 3 aromatic rings. The number of hydrogen-bond donors (Lipinski definition) is 1. The number of rotatable bonds is 7. The first-order chi connectivity index (χ1) is 15.5. The van der Waals surface area contributed by atoms with Crippen LogP contribution in [0.2, 0.25) is 5.02 Å². The van der Waals surface area contributed by atoms with E-state index in [-0.39, 0.29) is 24.0 Å². The van der Waals surface area contributed by atoms with E-state index in [1.165, 1.54) is 18.2 Å². The van der Waals surface area contributed by atoms with E-state index in [1.54, 1.807) is 42.5 Å². The standard InChI is InChI=1S/C24H15ClN4O3/c25-22-12-16(13-24(30)29-19-2-4-20(5-3-19)31-8-7-26)1-6-23(22)32-21-10-17(14-27)9-18(11-21)15-28/h1-6,9-12H,8,13H2,(H,29,30). The first-order valence-electron chi connectivity index (χ1n) is 9.32. The van der Waals surface area contributed by atoms with E-state index < -0.39 is 0 Å². The molecule has 0 aliphatic rings. The quantitative estimate of drug-likeness (QED) is 0.552. The number of nitrogens with zero attached hydrogens (tertiary/aromatic N) is 3. The van der Waals surface area contributed by atoms with Gasteiger partial charge in [-0.2, -0.15) is 15.8 Å². The molecule has 3 rings (SSSR count). The number of anilines is 1. The van der Waals surface area contributed by atoms with E-state index in [9.17, 15) is 4.79 Å². The van der Waals surface area contributed by atoms with E-state index in [0.717, 1.165) is 0 Å². The highest BCUT2D eigenvalue weighted by atomic mass is 35.5. The Kier molecular flexibility index (Phi) is 7.28. The SMILES string of the molecule is N#CCOc1ccc(NC(=O)Cc2ccc(Oc3cc(C#N)cc(C#N)c3)c(Cl)c2)cc1. The van der Waals surface area contributed by atoms with Crippen molar-refractivity contribution < 1.29 is 14.3 Å². The zero-order chi connectivity index (χ0) is 22.9. The molecule has 0 bridgehead atoms. The Morgan fingerprint density at radius 2 is 1.59 bits per heavy atom. The fraction of sp³-hybridized carbons (Fsp3) is 0.0833. The zero-order valence-corrected chi connectivity index (χ0v) is 17.4. The van der Waals surface area contributed by atoms with Crippen molar-refractivity contribution >= 4 is 23.2 Å². The Labute approximate surface area is 189 Å². The molecule has 156 valence electrons. The molecular formula is C24H15ClN4O3. The molecule has 32 heavy (non-hydrogen) atoms. The molecule has 3 aromatic carbocycles. The Morgan fingerprint density at radius 3 is 2.19 bits per heavy atom.